The van der Waals surface area contributed by atoms with E-state index in [1.165, 1.54) is 14.0 Å². The number of Topliss-reactive ketones (excluding diaryl/α,β-unsaturated/α-hetero) is 2. The number of benzene rings is 2. The molecule has 2 aliphatic heterocycles. The molecule has 0 amide bonds. The third kappa shape index (κ3) is 4.17. The van der Waals surface area contributed by atoms with E-state index in [4.69, 9.17) is 14.6 Å². The summed E-state index contributed by atoms with van der Waals surface area (Å²) >= 11 is 0. The highest BCUT2D eigenvalue weighted by molar-refractivity contribution is 6.03. The largest absolute Gasteiger partial charge is 0.478 e. The summed E-state index contributed by atoms with van der Waals surface area (Å²) in [5.41, 5.74) is -0.459. The zero-order valence-electron chi connectivity index (χ0n) is 16.4. The van der Waals surface area contributed by atoms with Crippen molar-refractivity contribution in [2.45, 2.75) is 31.5 Å². The molecule has 0 fully saturated rings. The number of hydrogen-bond acceptors (Lipinski definition) is 7. The lowest BCUT2D eigenvalue weighted by Crippen LogP contribution is -2.46. The van der Waals surface area contributed by atoms with Gasteiger partial charge in [-0.15, -0.1) is 0 Å². The van der Waals surface area contributed by atoms with E-state index >= 15 is 0 Å². The molecule has 156 valence electrons. The Morgan fingerprint density at radius 2 is 1.57 bits per heavy atom. The number of esters is 1. The summed E-state index contributed by atoms with van der Waals surface area (Å²) in [6, 6.07) is 13.5. The molecule has 1 N–H and O–H groups in total. The van der Waals surface area contributed by atoms with E-state index in [-0.39, 0.29) is 24.4 Å². The second-order valence-corrected chi connectivity index (χ2v) is 6.99. The van der Waals surface area contributed by atoms with Crippen molar-refractivity contribution < 1.29 is 38.5 Å². The van der Waals surface area contributed by atoms with E-state index in [0.29, 0.717) is 22.6 Å². The first-order chi connectivity index (χ1) is 14.2. The molecule has 0 saturated carbocycles. The topological polar surface area (TPSA) is 116 Å². The molecule has 0 unspecified atom stereocenters. The highest BCUT2D eigenvalue weighted by Gasteiger charge is 2.42. The van der Waals surface area contributed by atoms with Crippen LogP contribution in [-0.2, 0) is 14.3 Å². The van der Waals surface area contributed by atoms with Gasteiger partial charge in [0.15, 0.2) is 11.6 Å². The minimum atomic E-state index is -1.44. The van der Waals surface area contributed by atoms with E-state index in [9.17, 15) is 19.2 Å². The van der Waals surface area contributed by atoms with Gasteiger partial charge in [0, 0.05) is 0 Å². The second-order valence-electron chi connectivity index (χ2n) is 6.99. The van der Waals surface area contributed by atoms with Gasteiger partial charge >= 0.3 is 11.9 Å². The monoisotopic (exact) mass is 412 g/mol. The highest BCUT2D eigenvalue weighted by atomic mass is 16.6. The molecule has 0 aromatic heterocycles. The minimum absolute atomic E-state index is 0.0453. The third-order valence-electron chi connectivity index (χ3n) is 4.76. The van der Waals surface area contributed by atoms with Crippen molar-refractivity contribution in [3.63, 3.8) is 0 Å². The van der Waals surface area contributed by atoms with E-state index in [1.807, 2.05) is 0 Å². The molecule has 0 spiro atoms. The standard InChI is InChI=1S/2C11H10O4/c1-11(10(13)14)6-8(12)7-4-2-3-5-9(7)15-11;1-14-11(13)10-6-8(12)7-4-2-3-5-9(7)15-10/h2-5H,6H2,1H3,(H,13,14);2-5,10H,6H2,1H3/t11-;10-/m11/s1. The maximum atomic E-state index is 11.7. The van der Waals surface area contributed by atoms with Crippen LogP contribution in [0.2, 0.25) is 0 Å². The summed E-state index contributed by atoms with van der Waals surface area (Å²) in [4.78, 5) is 45.5. The number of ketones is 2. The molecule has 0 saturated heterocycles. The van der Waals surface area contributed by atoms with Crippen LogP contribution in [0.3, 0.4) is 0 Å². The van der Waals surface area contributed by atoms with Crippen molar-refractivity contribution in [1.29, 1.82) is 0 Å². The number of hydrogen-bond donors (Lipinski definition) is 1. The molecule has 8 heteroatoms. The number of ether oxygens (including phenoxy) is 3. The fraction of sp³-hybridized carbons (Fsp3) is 0.273. The fourth-order valence-electron chi connectivity index (χ4n) is 3.12. The number of rotatable bonds is 2. The lowest BCUT2D eigenvalue weighted by atomic mass is 9.92. The van der Waals surface area contributed by atoms with Crippen LogP contribution in [-0.4, -0.2) is 47.4 Å². The number of carbonyl (C=O) groups is 4. The Hall–Kier alpha value is -3.68. The van der Waals surface area contributed by atoms with Gasteiger partial charge < -0.3 is 19.3 Å². The van der Waals surface area contributed by atoms with Crippen molar-refractivity contribution in [3.8, 4) is 11.5 Å². The van der Waals surface area contributed by atoms with E-state index in [2.05, 4.69) is 4.74 Å². The van der Waals surface area contributed by atoms with Gasteiger partial charge in [0.2, 0.25) is 11.7 Å². The van der Waals surface area contributed by atoms with Gasteiger partial charge in [0.05, 0.1) is 31.1 Å². The van der Waals surface area contributed by atoms with Crippen molar-refractivity contribution in [2.24, 2.45) is 0 Å². The van der Waals surface area contributed by atoms with Gasteiger partial charge in [-0.2, -0.15) is 0 Å². The van der Waals surface area contributed by atoms with Gasteiger partial charge in [-0.25, -0.2) is 9.59 Å². The van der Waals surface area contributed by atoms with Crippen molar-refractivity contribution in [1.82, 2.24) is 0 Å². The van der Waals surface area contributed by atoms with E-state index in [1.54, 1.807) is 48.5 Å². The molecular formula is C22H20O8. The van der Waals surface area contributed by atoms with Crippen LogP contribution >= 0.6 is 0 Å². The average molecular weight is 412 g/mol. The molecule has 2 aromatic rings. The van der Waals surface area contributed by atoms with Crippen LogP contribution < -0.4 is 9.47 Å². The van der Waals surface area contributed by atoms with Crippen molar-refractivity contribution in [3.05, 3.63) is 59.7 Å². The summed E-state index contributed by atoms with van der Waals surface area (Å²) < 4.78 is 15.2. The lowest BCUT2D eigenvalue weighted by Gasteiger charge is -2.30. The smallest absolute Gasteiger partial charge is 0.348 e. The second kappa shape index (κ2) is 8.36. The normalized spacial score (nSPS) is 21.6. The quantitative estimate of drug-likeness (QED) is 0.749. The molecule has 8 nitrogen and oxygen atoms in total. The van der Waals surface area contributed by atoms with Crippen LogP contribution in [0.5, 0.6) is 11.5 Å². The molecule has 4 rings (SSSR count). The van der Waals surface area contributed by atoms with E-state index in [0.717, 1.165) is 0 Å². The molecular weight excluding hydrogens is 392 g/mol. The molecule has 2 heterocycles. The molecule has 0 radical (unpaired) electrons. The first-order valence-corrected chi connectivity index (χ1v) is 9.16. The Kier molecular flexibility index (Phi) is 5.86. The maximum Gasteiger partial charge on any atom is 0.348 e. The number of carboxylic acids is 1. The number of para-hydroxylation sites is 2. The van der Waals surface area contributed by atoms with Gasteiger partial charge in [-0.05, 0) is 31.2 Å². The lowest BCUT2D eigenvalue weighted by molar-refractivity contribution is -0.154. The van der Waals surface area contributed by atoms with Crippen LogP contribution in [0, 0.1) is 0 Å². The average Bonchev–Trinajstić information content (AvgIpc) is 2.73. The molecule has 0 aliphatic carbocycles. The van der Waals surface area contributed by atoms with Crippen molar-refractivity contribution >= 4 is 23.5 Å². The zero-order valence-corrected chi connectivity index (χ0v) is 16.4. The van der Waals surface area contributed by atoms with Crippen LogP contribution in [0.4, 0.5) is 0 Å². The Labute approximate surface area is 172 Å². The van der Waals surface area contributed by atoms with Gasteiger partial charge in [0.1, 0.15) is 11.5 Å². The molecule has 2 aromatic carbocycles. The Balaban J connectivity index is 0.000000171. The minimum Gasteiger partial charge on any atom is -0.478 e. The predicted octanol–water partition coefficient (Wildman–Crippen LogP) is 2.69. The Morgan fingerprint density at radius 1 is 1.00 bits per heavy atom. The number of aliphatic carboxylic acids is 1. The Bertz CT molecular complexity index is 1010. The summed E-state index contributed by atoms with van der Waals surface area (Å²) in [7, 11) is 1.27. The van der Waals surface area contributed by atoms with E-state index < -0.39 is 23.6 Å². The summed E-state index contributed by atoms with van der Waals surface area (Å²) in [5, 5.41) is 8.96. The fourth-order valence-corrected chi connectivity index (χ4v) is 3.12. The van der Waals surface area contributed by atoms with Gasteiger partial charge in [-0.1, -0.05) is 24.3 Å². The Morgan fingerprint density at radius 3 is 2.17 bits per heavy atom. The number of carboxylic acid groups (broad SMARTS) is 1. The SMILES string of the molecule is COC(=O)[C@H]1CC(=O)c2ccccc2O1.C[C@]1(C(=O)O)CC(=O)c2ccccc2O1. The maximum absolute atomic E-state index is 11.7. The first kappa shape index (κ1) is 21.0. The molecule has 2 atom stereocenters. The summed E-state index contributed by atoms with van der Waals surface area (Å²) in [6.07, 6.45) is -0.888. The number of fused-ring (bicyclic) bond motifs is 2. The van der Waals surface area contributed by atoms with Crippen LogP contribution in [0.25, 0.3) is 0 Å². The van der Waals surface area contributed by atoms with Crippen molar-refractivity contribution in [2.75, 3.05) is 7.11 Å². The molecule has 0 bridgehead atoms. The molecule has 2 aliphatic rings. The van der Waals surface area contributed by atoms with Crippen LogP contribution in [0.15, 0.2) is 48.5 Å². The number of carbonyl (C=O) groups excluding carboxylic acids is 3. The summed E-state index contributed by atoms with van der Waals surface area (Å²) in [5.74, 6) is -1.12. The van der Waals surface area contributed by atoms with Gasteiger partial charge in [0.25, 0.3) is 0 Å². The van der Waals surface area contributed by atoms with Crippen LogP contribution in [0.1, 0.15) is 40.5 Å². The predicted molar refractivity (Wildman–Crippen MR) is 104 cm³/mol. The third-order valence-corrected chi connectivity index (χ3v) is 4.76. The summed E-state index contributed by atoms with van der Waals surface area (Å²) in [6.45, 7) is 1.41. The molecule has 30 heavy (non-hydrogen) atoms. The van der Waals surface area contributed by atoms with Gasteiger partial charge in [-0.3, -0.25) is 9.59 Å². The zero-order chi connectivity index (χ0) is 21.9. The number of methoxy groups -OCH3 is 1. The first-order valence-electron chi connectivity index (χ1n) is 9.16. The highest BCUT2D eigenvalue weighted by Crippen LogP contribution is 2.33.